The van der Waals surface area contributed by atoms with E-state index < -0.39 is 23.3 Å². The number of hydrogen-bond acceptors (Lipinski definition) is 3. The second kappa shape index (κ2) is 5.47. The Labute approximate surface area is 156 Å². The molecule has 0 bridgehead atoms. The van der Waals surface area contributed by atoms with E-state index in [1.165, 1.54) is 0 Å². The molecule has 6 heteroatoms. The molecule has 3 aromatic rings. The van der Waals surface area contributed by atoms with Gasteiger partial charge in [-0.05, 0) is 12.1 Å². The van der Waals surface area contributed by atoms with Crippen LogP contribution in [0.2, 0.25) is 39.3 Å². The molecule has 0 unspecified atom stereocenters. The van der Waals surface area contributed by atoms with E-state index in [9.17, 15) is 4.57 Å². The highest BCUT2D eigenvalue weighted by atomic mass is 31.2. The first-order valence-electron chi connectivity index (χ1n) is 8.99. The number of fused-ring (bicyclic) bond motifs is 3. The lowest BCUT2D eigenvalue weighted by molar-refractivity contribution is 0.557. The highest BCUT2D eigenvalue weighted by Crippen LogP contribution is 2.52. The molecule has 136 valence electrons. The summed E-state index contributed by atoms with van der Waals surface area (Å²) in [4.78, 5) is 0. The molecule has 0 amide bonds. The predicted molar refractivity (Wildman–Crippen MR) is 115 cm³/mol. The van der Waals surface area contributed by atoms with Gasteiger partial charge in [0.25, 0.3) is 0 Å². The van der Waals surface area contributed by atoms with Crippen LogP contribution in [0.1, 0.15) is 0 Å². The lowest BCUT2D eigenvalue weighted by Crippen LogP contribution is -2.37. The molecule has 0 radical (unpaired) electrons. The van der Waals surface area contributed by atoms with E-state index in [2.05, 4.69) is 39.3 Å². The van der Waals surface area contributed by atoms with E-state index in [0.717, 1.165) is 26.7 Å². The molecule has 3 nitrogen and oxygen atoms in total. The molecule has 0 fully saturated rings. The number of benzene rings is 1. The third-order valence-electron chi connectivity index (χ3n) is 4.91. The highest BCUT2D eigenvalue weighted by Gasteiger charge is 2.48. The van der Waals surface area contributed by atoms with Gasteiger partial charge in [0.2, 0.25) is 0 Å². The maximum atomic E-state index is 14.5. The Kier molecular flexibility index (Phi) is 3.76. The minimum absolute atomic E-state index is 0.689. The van der Waals surface area contributed by atoms with Crippen molar-refractivity contribution in [3.63, 3.8) is 0 Å². The number of furan rings is 2. The second-order valence-corrected chi connectivity index (χ2v) is 21.8. The van der Waals surface area contributed by atoms with Crippen molar-refractivity contribution in [2.24, 2.45) is 0 Å². The van der Waals surface area contributed by atoms with Crippen LogP contribution in [0.3, 0.4) is 0 Å². The summed E-state index contributed by atoms with van der Waals surface area (Å²) in [6.07, 6.45) is 0. The molecule has 4 rings (SSSR count). The normalized spacial score (nSPS) is 15.8. The summed E-state index contributed by atoms with van der Waals surface area (Å²) in [7, 11) is -6.27. The van der Waals surface area contributed by atoms with Crippen molar-refractivity contribution in [2.75, 3.05) is 0 Å². The highest BCUT2D eigenvalue weighted by molar-refractivity contribution is 7.86. The van der Waals surface area contributed by atoms with Crippen molar-refractivity contribution in [3.8, 4) is 11.5 Å². The van der Waals surface area contributed by atoms with Gasteiger partial charge >= 0.3 is 0 Å². The molecule has 1 aliphatic heterocycles. The number of rotatable bonds is 3. The van der Waals surface area contributed by atoms with Crippen molar-refractivity contribution in [3.05, 3.63) is 42.5 Å². The Balaban J connectivity index is 2.04. The van der Waals surface area contributed by atoms with Gasteiger partial charge in [0.05, 0.1) is 21.4 Å². The fraction of sp³-hybridized carbons (Fsp3) is 0.300. The Morgan fingerprint density at radius 1 is 0.731 bits per heavy atom. The Bertz CT molecular complexity index is 971. The lowest BCUT2D eigenvalue weighted by Gasteiger charge is -2.15. The summed E-state index contributed by atoms with van der Waals surface area (Å²) in [6, 6.07) is 13.9. The Morgan fingerprint density at radius 3 is 1.54 bits per heavy atom. The summed E-state index contributed by atoms with van der Waals surface area (Å²) in [5, 5.41) is 4.45. The molecule has 1 aromatic carbocycles. The van der Waals surface area contributed by atoms with E-state index in [1.54, 1.807) is 0 Å². The molecule has 0 aliphatic carbocycles. The third-order valence-corrected chi connectivity index (χ3v) is 11.4. The van der Waals surface area contributed by atoms with Crippen LogP contribution < -0.4 is 26.7 Å². The summed E-state index contributed by atoms with van der Waals surface area (Å²) in [6.45, 7) is 13.4. The second-order valence-electron chi connectivity index (χ2n) is 9.09. The lowest BCUT2D eigenvalue weighted by atomic mass is 10.3. The van der Waals surface area contributed by atoms with Gasteiger partial charge in [-0.15, -0.1) is 0 Å². The maximum absolute atomic E-state index is 14.5. The van der Waals surface area contributed by atoms with Gasteiger partial charge < -0.3 is 13.4 Å². The summed E-state index contributed by atoms with van der Waals surface area (Å²) < 4.78 is 27.0. The van der Waals surface area contributed by atoms with Gasteiger partial charge in [-0.2, -0.15) is 0 Å². The van der Waals surface area contributed by atoms with Crippen LogP contribution >= 0.6 is 7.14 Å². The van der Waals surface area contributed by atoms with Crippen LogP contribution in [0.25, 0.3) is 11.5 Å². The molecule has 2 aromatic heterocycles. The molecule has 0 N–H and O–H groups in total. The zero-order valence-electron chi connectivity index (χ0n) is 16.2. The molecular formula is C20H25O3PSi2. The third kappa shape index (κ3) is 2.49. The van der Waals surface area contributed by atoms with Crippen LogP contribution in [0.4, 0.5) is 0 Å². The maximum Gasteiger partial charge on any atom is 0.181 e. The van der Waals surface area contributed by atoms with E-state index in [1.807, 2.05) is 42.5 Å². The van der Waals surface area contributed by atoms with Crippen molar-refractivity contribution >= 4 is 50.0 Å². The van der Waals surface area contributed by atoms with Gasteiger partial charge in [-0.25, -0.2) is 0 Å². The van der Waals surface area contributed by atoms with Gasteiger partial charge in [-0.3, -0.25) is 0 Å². The quantitative estimate of drug-likeness (QED) is 0.390. The summed E-state index contributed by atoms with van der Waals surface area (Å²) >= 11 is 0. The summed E-state index contributed by atoms with van der Waals surface area (Å²) in [5.74, 6) is 1.38. The van der Waals surface area contributed by atoms with E-state index in [0.29, 0.717) is 11.5 Å². The average Bonchev–Trinajstić information content (AvgIpc) is 3.21. The minimum Gasteiger partial charge on any atom is -0.462 e. The largest absolute Gasteiger partial charge is 0.462 e. The topological polar surface area (TPSA) is 43.4 Å². The van der Waals surface area contributed by atoms with Gasteiger partial charge in [0, 0.05) is 5.30 Å². The Morgan fingerprint density at radius 2 is 1.15 bits per heavy atom. The van der Waals surface area contributed by atoms with E-state index >= 15 is 0 Å². The monoisotopic (exact) mass is 400 g/mol. The minimum atomic E-state index is -2.94. The fourth-order valence-electron chi connectivity index (χ4n) is 3.34. The molecule has 26 heavy (non-hydrogen) atoms. The zero-order chi connectivity index (χ0) is 18.9. The van der Waals surface area contributed by atoms with E-state index in [-0.39, 0.29) is 0 Å². The van der Waals surface area contributed by atoms with Crippen molar-refractivity contribution in [2.45, 2.75) is 39.3 Å². The Hall–Kier alpha value is -1.56. The molecule has 0 saturated heterocycles. The molecular weight excluding hydrogens is 375 g/mol. The molecule has 1 aliphatic rings. The molecule has 0 saturated carbocycles. The van der Waals surface area contributed by atoms with Gasteiger partial charge in [0.15, 0.2) is 18.7 Å². The first kappa shape index (κ1) is 17.8. The summed E-state index contributed by atoms with van der Waals surface area (Å²) in [5.41, 5.74) is 0. The van der Waals surface area contributed by atoms with Crippen LogP contribution in [-0.2, 0) is 4.57 Å². The number of hydrogen-bond donors (Lipinski definition) is 0. The smallest absolute Gasteiger partial charge is 0.181 e. The molecule has 0 atom stereocenters. The standard InChI is InChI=1S/C20H25O3PSi2/c1-25(2,3)17-12-15-19(22-17)20-16(13-18(23-20)26(4,5)6)24(15,21)14-10-8-7-9-11-14/h7-13H,1-6H3. The fourth-order valence-corrected chi connectivity index (χ4v) is 8.43. The van der Waals surface area contributed by atoms with Crippen LogP contribution in [-0.4, -0.2) is 16.1 Å². The van der Waals surface area contributed by atoms with Crippen LogP contribution in [0.15, 0.2) is 51.3 Å². The van der Waals surface area contributed by atoms with E-state index in [4.69, 9.17) is 8.83 Å². The molecule has 3 heterocycles. The van der Waals surface area contributed by atoms with Gasteiger partial charge in [0.1, 0.15) is 16.1 Å². The predicted octanol–water partition coefficient (Wildman–Crippen LogP) is 3.58. The average molecular weight is 401 g/mol. The zero-order valence-corrected chi connectivity index (χ0v) is 19.1. The SMILES string of the molecule is C[Si](C)(C)c1cc2c(o1)-c1oc([Si](C)(C)C)cc1P2(=O)c1ccccc1. The van der Waals surface area contributed by atoms with Crippen LogP contribution in [0.5, 0.6) is 0 Å². The van der Waals surface area contributed by atoms with Crippen molar-refractivity contribution in [1.29, 1.82) is 0 Å². The van der Waals surface area contributed by atoms with Crippen molar-refractivity contribution in [1.82, 2.24) is 0 Å². The van der Waals surface area contributed by atoms with Crippen molar-refractivity contribution < 1.29 is 13.4 Å². The van der Waals surface area contributed by atoms with Crippen LogP contribution in [0, 0.1) is 0 Å². The first-order chi connectivity index (χ1) is 12.0. The first-order valence-corrected chi connectivity index (χ1v) is 17.7. The van der Waals surface area contributed by atoms with Gasteiger partial charge in [-0.1, -0.05) is 69.6 Å². The molecule has 0 spiro atoms.